The predicted octanol–water partition coefficient (Wildman–Crippen LogP) is 1.64. The van der Waals surface area contributed by atoms with Gasteiger partial charge in [0, 0.05) is 6.20 Å². The van der Waals surface area contributed by atoms with Crippen molar-refractivity contribution in [3.8, 4) is 0 Å². The molecule has 1 N–H and O–H groups in total. The smallest absolute Gasteiger partial charge is 0.335 e. The normalized spacial score (nSPS) is 10.4. The Morgan fingerprint density at radius 2 is 2.14 bits per heavy atom. The van der Waals surface area contributed by atoms with Crippen LogP contribution >= 0.6 is 0 Å². The number of fused-ring (bicyclic) bond motifs is 1. The molecule has 0 radical (unpaired) electrons. The molecule has 1 heterocycles. The van der Waals surface area contributed by atoms with Gasteiger partial charge in [0.1, 0.15) is 0 Å². The van der Waals surface area contributed by atoms with E-state index in [0.29, 0.717) is 11.0 Å². The van der Waals surface area contributed by atoms with Crippen LogP contribution in [-0.2, 0) is 0 Å². The van der Waals surface area contributed by atoms with E-state index in [1.165, 1.54) is 12.1 Å². The SMILES string of the molecule is Cc1cnc2ccc(C(=O)O)cc2n1. The fourth-order valence-corrected chi connectivity index (χ4v) is 1.24. The Bertz CT molecular complexity index is 508. The van der Waals surface area contributed by atoms with Crippen molar-refractivity contribution in [3.63, 3.8) is 0 Å². The predicted molar refractivity (Wildman–Crippen MR) is 51.2 cm³/mol. The highest BCUT2D eigenvalue weighted by atomic mass is 16.4. The summed E-state index contributed by atoms with van der Waals surface area (Å²) >= 11 is 0. The maximum atomic E-state index is 10.7. The maximum Gasteiger partial charge on any atom is 0.335 e. The van der Waals surface area contributed by atoms with Gasteiger partial charge in [-0.25, -0.2) is 9.78 Å². The average Bonchev–Trinajstić information content (AvgIpc) is 2.16. The number of hydrogen-bond acceptors (Lipinski definition) is 3. The molecule has 4 heteroatoms. The third-order valence-corrected chi connectivity index (χ3v) is 1.91. The van der Waals surface area contributed by atoms with Crippen molar-refractivity contribution < 1.29 is 9.90 Å². The van der Waals surface area contributed by atoms with Crippen LogP contribution in [0.5, 0.6) is 0 Å². The zero-order chi connectivity index (χ0) is 10.1. The number of carboxylic acids is 1. The van der Waals surface area contributed by atoms with Gasteiger partial charge in [-0.15, -0.1) is 0 Å². The van der Waals surface area contributed by atoms with Crippen molar-refractivity contribution in [1.29, 1.82) is 0 Å². The number of hydrogen-bond donors (Lipinski definition) is 1. The number of benzene rings is 1. The van der Waals surface area contributed by atoms with Crippen molar-refractivity contribution >= 4 is 17.0 Å². The third-order valence-electron chi connectivity index (χ3n) is 1.91. The highest BCUT2D eigenvalue weighted by molar-refractivity contribution is 5.92. The van der Waals surface area contributed by atoms with Crippen LogP contribution in [0.25, 0.3) is 11.0 Å². The molecule has 0 amide bonds. The molecule has 70 valence electrons. The molecule has 0 saturated heterocycles. The molecule has 0 bridgehead atoms. The van der Waals surface area contributed by atoms with E-state index in [4.69, 9.17) is 5.11 Å². The number of aryl methyl sites for hydroxylation is 1. The van der Waals surface area contributed by atoms with Gasteiger partial charge in [-0.05, 0) is 25.1 Å². The first-order valence-electron chi connectivity index (χ1n) is 4.13. The lowest BCUT2D eigenvalue weighted by Crippen LogP contribution is -1.97. The highest BCUT2D eigenvalue weighted by Crippen LogP contribution is 2.11. The zero-order valence-corrected chi connectivity index (χ0v) is 7.56. The van der Waals surface area contributed by atoms with E-state index in [1.807, 2.05) is 6.92 Å². The molecule has 0 saturated carbocycles. The van der Waals surface area contributed by atoms with Gasteiger partial charge in [-0.3, -0.25) is 4.98 Å². The molecule has 0 spiro atoms. The number of aromatic nitrogens is 2. The van der Waals surface area contributed by atoms with Crippen molar-refractivity contribution in [1.82, 2.24) is 9.97 Å². The molecule has 1 aromatic carbocycles. The number of aromatic carboxylic acids is 1. The van der Waals surface area contributed by atoms with Crippen LogP contribution in [-0.4, -0.2) is 21.0 Å². The maximum absolute atomic E-state index is 10.7. The average molecular weight is 188 g/mol. The molecular formula is C10H8N2O2. The van der Waals surface area contributed by atoms with Crippen LogP contribution in [0, 0.1) is 6.92 Å². The van der Waals surface area contributed by atoms with E-state index in [0.717, 1.165) is 5.69 Å². The number of rotatable bonds is 1. The summed E-state index contributed by atoms with van der Waals surface area (Å²) in [6, 6.07) is 4.71. The second-order valence-corrected chi connectivity index (χ2v) is 3.02. The number of nitrogens with zero attached hydrogens (tertiary/aromatic N) is 2. The minimum atomic E-state index is -0.949. The zero-order valence-electron chi connectivity index (χ0n) is 7.56. The van der Waals surface area contributed by atoms with E-state index < -0.39 is 5.97 Å². The largest absolute Gasteiger partial charge is 0.478 e. The summed E-state index contributed by atoms with van der Waals surface area (Å²) in [7, 11) is 0. The van der Waals surface area contributed by atoms with Crippen molar-refractivity contribution in [2.45, 2.75) is 6.92 Å². The van der Waals surface area contributed by atoms with E-state index in [2.05, 4.69) is 9.97 Å². The van der Waals surface area contributed by atoms with Crippen LogP contribution in [0.15, 0.2) is 24.4 Å². The highest BCUT2D eigenvalue weighted by Gasteiger charge is 2.04. The first-order chi connectivity index (χ1) is 6.66. The van der Waals surface area contributed by atoms with Gasteiger partial charge < -0.3 is 5.11 Å². The van der Waals surface area contributed by atoms with Crippen LogP contribution in [0.4, 0.5) is 0 Å². The lowest BCUT2D eigenvalue weighted by molar-refractivity contribution is 0.0697. The third kappa shape index (κ3) is 1.42. The molecule has 0 aliphatic heterocycles. The van der Waals surface area contributed by atoms with Crippen LogP contribution in [0.2, 0.25) is 0 Å². The molecule has 4 nitrogen and oxygen atoms in total. The Morgan fingerprint density at radius 1 is 1.36 bits per heavy atom. The molecule has 1 aromatic heterocycles. The van der Waals surface area contributed by atoms with E-state index in [9.17, 15) is 4.79 Å². The fourth-order valence-electron chi connectivity index (χ4n) is 1.24. The van der Waals surface area contributed by atoms with Gasteiger partial charge in [-0.2, -0.15) is 0 Å². The second kappa shape index (κ2) is 3.06. The monoisotopic (exact) mass is 188 g/mol. The Labute approximate surface area is 80.2 Å². The van der Waals surface area contributed by atoms with Crippen molar-refractivity contribution in [2.75, 3.05) is 0 Å². The van der Waals surface area contributed by atoms with Gasteiger partial charge >= 0.3 is 5.97 Å². The van der Waals surface area contributed by atoms with Crippen molar-refractivity contribution in [2.24, 2.45) is 0 Å². The van der Waals surface area contributed by atoms with E-state index in [1.54, 1.807) is 12.3 Å². The molecule has 2 rings (SSSR count). The van der Waals surface area contributed by atoms with Gasteiger partial charge in [0.2, 0.25) is 0 Å². The minimum absolute atomic E-state index is 0.234. The summed E-state index contributed by atoms with van der Waals surface area (Å²) < 4.78 is 0. The second-order valence-electron chi connectivity index (χ2n) is 3.02. The summed E-state index contributed by atoms with van der Waals surface area (Å²) in [6.07, 6.45) is 1.66. The van der Waals surface area contributed by atoms with Crippen LogP contribution < -0.4 is 0 Å². The molecular weight excluding hydrogens is 180 g/mol. The van der Waals surface area contributed by atoms with Gasteiger partial charge in [0.15, 0.2) is 0 Å². The minimum Gasteiger partial charge on any atom is -0.478 e. The quantitative estimate of drug-likeness (QED) is 0.738. The number of carbonyl (C=O) groups is 1. The summed E-state index contributed by atoms with van der Waals surface area (Å²) in [5.41, 5.74) is 2.34. The first-order valence-corrected chi connectivity index (χ1v) is 4.13. The fraction of sp³-hybridized carbons (Fsp3) is 0.100. The van der Waals surface area contributed by atoms with Gasteiger partial charge in [0.25, 0.3) is 0 Å². The Morgan fingerprint density at radius 3 is 2.86 bits per heavy atom. The molecule has 0 aliphatic rings. The first kappa shape index (κ1) is 8.62. The molecule has 14 heavy (non-hydrogen) atoms. The Balaban J connectivity index is 2.69. The molecule has 2 aromatic rings. The summed E-state index contributed by atoms with van der Waals surface area (Å²) in [4.78, 5) is 19.0. The van der Waals surface area contributed by atoms with E-state index in [-0.39, 0.29) is 5.56 Å². The Kier molecular flexibility index (Phi) is 1.89. The van der Waals surface area contributed by atoms with Crippen LogP contribution in [0.3, 0.4) is 0 Å². The summed E-state index contributed by atoms with van der Waals surface area (Å²) in [6.45, 7) is 1.82. The van der Waals surface area contributed by atoms with Gasteiger partial charge in [-0.1, -0.05) is 0 Å². The van der Waals surface area contributed by atoms with E-state index >= 15 is 0 Å². The molecule has 0 unspecified atom stereocenters. The Hall–Kier alpha value is -1.97. The molecule has 0 aliphatic carbocycles. The van der Waals surface area contributed by atoms with Gasteiger partial charge in [0.05, 0.1) is 22.3 Å². The molecule has 0 atom stereocenters. The van der Waals surface area contributed by atoms with Crippen LogP contribution in [0.1, 0.15) is 16.1 Å². The summed E-state index contributed by atoms with van der Waals surface area (Å²) in [5.74, 6) is -0.949. The lowest BCUT2D eigenvalue weighted by Gasteiger charge is -1.99. The van der Waals surface area contributed by atoms with Crippen molar-refractivity contribution in [3.05, 3.63) is 35.7 Å². The standard InChI is InChI=1S/C10H8N2O2/c1-6-5-11-8-3-2-7(10(13)14)4-9(8)12-6/h2-5H,1H3,(H,13,14). The number of carboxylic acid groups (broad SMARTS) is 1. The lowest BCUT2D eigenvalue weighted by atomic mass is 10.2. The molecule has 0 fully saturated rings. The topological polar surface area (TPSA) is 63.1 Å². The summed E-state index contributed by atoms with van der Waals surface area (Å²) in [5, 5.41) is 8.77.